The van der Waals surface area contributed by atoms with Crippen molar-refractivity contribution in [3.8, 4) is 0 Å². The predicted octanol–water partition coefficient (Wildman–Crippen LogP) is 3.19. The molecule has 0 aliphatic rings. The molecule has 0 aliphatic carbocycles. The summed E-state index contributed by atoms with van der Waals surface area (Å²) in [6, 6.07) is 18.5. The number of anilines is 3. The van der Waals surface area contributed by atoms with E-state index in [0.717, 1.165) is 22.6 Å². The fourth-order valence-corrected chi connectivity index (χ4v) is 2.19. The maximum Gasteiger partial charge on any atom is 0.0923 e. The Hall–Kier alpha value is -2.82. The highest BCUT2D eigenvalue weighted by Gasteiger charge is 2.01. The van der Waals surface area contributed by atoms with Crippen molar-refractivity contribution in [2.24, 2.45) is 0 Å². The Bertz CT molecular complexity index is 702. The zero-order valence-corrected chi connectivity index (χ0v) is 14.9. The van der Waals surface area contributed by atoms with Crippen LogP contribution in [0.1, 0.15) is 0 Å². The number of hydrazine groups is 1. The van der Waals surface area contributed by atoms with Gasteiger partial charge in [-0.3, -0.25) is 0 Å². The number of allylic oxidation sites excluding steroid dienone is 2. The van der Waals surface area contributed by atoms with Crippen LogP contribution < -0.4 is 21.1 Å². The van der Waals surface area contributed by atoms with E-state index in [0.29, 0.717) is 6.54 Å². The van der Waals surface area contributed by atoms with E-state index in [2.05, 4.69) is 53.7 Å². The van der Waals surface area contributed by atoms with Gasteiger partial charge in [-0.2, -0.15) is 0 Å². The van der Waals surface area contributed by atoms with Crippen LogP contribution in [-0.4, -0.2) is 20.6 Å². The molecule has 0 unspecified atom stereocenters. The summed E-state index contributed by atoms with van der Waals surface area (Å²) in [4.78, 5) is 0. The minimum Gasteiger partial charge on any atom is -0.356 e. The van der Waals surface area contributed by atoms with Crippen molar-refractivity contribution in [1.82, 2.24) is 5.43 Å². The topological polar surface area (TPSA) is 43.9 Å². The van der Waals surface area contributed by atoms with Crippen LogP contribution in [-0.2, 0) is 0 Å². The molecule has 0 aliphatic heterocycles. The minimum absolute atomic E-state index is 0.695. The van der Waals surface area contributed by atoms with Gasteiger partial charge in [0.05, 0.1) is 18.9 Å². The second kappa shape index (κ2) is 10.1. The molecule has 0 fully saturated rings. The first-order valence-electron chi connectivity index (χ1n) is 8.39. The van der Waals surface area contributed by atoms with E-state index >= 15 is 0 Å². The highest BCUT2D eigenvalue weighted by molar-refractivity contribution is 5.62. The van der Waals surface area contributed by atoms with Crippen LogP contribution in [0.15, 0.2) is 91.2 Å². The second-order valence-electron chi connectivity index (χ2n) is 5.67. The van der Waals surface area contributed by atoms with E-state index in [1.165, 1.54) is 0 Å². The fourth-order valence-electron chi connectivity index (χ4n) is 2.19. The van der Waals surface area contributed by atoms with Gasteiger partial charge in [-0.25, -0.2) is 5.43 Å². The lowest BCUT2D eigenvalue weighted by Crippen LogP contribution is -2.72. The lowest BCUT2D eigenvalue weighted by molar-refractivity contribution is -0.556. The molecule has 0 spiro atoms. The minimum atomic E-state index is 0.695. The van der Waals surface area contributed by atoms with E-state index in [-0.39, 0.29) is 0 Å². The summed E-state index contributed by atoms with van der Waals surface area (Å²) in [7, 11) is 4.00. The van der Waals surface area contributed by atoms with Crippen LogP contribution in [0.25, 0.3) is 0 Å². The number of nitrogens with two attached hydrogens (primary N) is 1. The molecular formula is C21H27N4+. The predicted molar refractivity (Wildman–Crippen MR) is 108 cm³/mol. The fraction of sp³-hybridized carbons (Fsp3) is 0.143. The molecule has 4 N–H and O–H groups in total. The number of nitrogens with one attached hydrogen (secondary N) is 2. The Morgan fingerprint density at radius 2 is 1.72 bits per heavy atom. The van der Waals surface area contributed by atoms with Gasteiger partial charge in [0.15, 0.2) is 0 Å². The molecule has 0 aromatic heterocycles. The van der Waals surface area contributed by atoms with Gasteiger partial charge in [0.25, 0.3) is 0 Å². The monoisotopic (exact) mass is 335 g/mol. The first kappa shape index (κ1) is 18.5. The molecule has 0 heterocycles. The third-order valence-electron chi connectivity index (χ3n) is 3.61. The van der Waals surface area contributed by atoms with Crippen LogP contribution >= 0.6 is 0 Å². The molecule has 2 rings (SSSR count). The molecule has 4 heteroatoms. The Morgan fingerprint density at radius 3 is 2.40 bits per heavy atom. The average molecular weight is 335 g/mol. The first-order chi connectivity index (χ1) is 12.2. The average Bonchev–Trinajstić information content (AvgIpc) is 2.65. The molecule has 0 bridgehead atoms. The van der Waals surface area contributed by atoms with Gasteiger partial charge in [-0.1, -0.05) is 36.9 Å². The van der Waals surface area contributed by atoms with Crippen LogP contribution in [0, 0.1) is 0 Å². The molecule has 4 nitrogen and oxygen atoms in total. The summed E-state index contributed by atoms with van der Waals surface area (Å²) in [5, 5.41) is 7.38. The number of quaternary nitrogens is 1. The molecule has 0 amide bonds. The van der Waals surface area contributed by atoms with Crippen LogP contribution in [0.3, 0.4) is 0 Å². The second-order valence-corrected chi connectivity index (χ2v) is 5.67. The Balaban J connectivity index is 1.83. The summed E-state index contributed by atoms with van der Waals surface area (Å²) in [5.74, 6) is 0. The SMILES string of the molecule is C=C(/C=C\C=C/[NH2+]C)CNN(C)c1ccc(Nc2ccccc2)cc1. The van der Waals surface area contributed by atoms with Gasteiger partial charge in [-0.05, 0) is 48.0 Å². The van der Waals surface area contributed by atoms with E-state index in [9.17, 15) is 0 Å². The van der Waals surface area contributed by atoms with Crippen molar-refractivity contribution in [3.05, 3.63) is 91.2 Å². The van der Waals surface area contributed by atoms with Crippen molar-refractivity contribution in [3.63, 3.8) is 0 Å². The molecule has 0 saturated carbocycles. The zero-order valence-electron chi connectivity index (χ0n) is 14.9. The largest absolute Gasteiger partial charge is 0.356 e. The maximum absolute atomic E-state index is 4.05. The summed E-state index contributed by atoms with van der Waals surface area (Å²) < 4.78 is 0. The van der Waals surface area contributed by atoms with E-state index in [1.54, 1.807) is 0 Å². The Kier molecular flexibility index (Phi) is 7.50. The van der Waals surface area contributed by atoms with Gasteiger partial charge in [0.2, 0.25) is 0 Å². The molecule has 130 valence electrons. The third kappa shape index (κ3) is 6.67. The lowest BCUT2D eigenvalue weighted by atomic mass is 10.2. The molecule has 2 aromatic rings. The van der Waals surface area contributed by atoms with E-state index in [4.69, 9.17) is 0 Å². The summed E-state index contributed by atoms with van der Waals surface area (Å²) >= 11 is 0. The summed E-state index contributed by atoms with van der Waals surface area (Å²) in [6.45, 7) is 4.74. The smallest absolute Gasteiger partial charge is 0.0923 e. The van der Waals surface area contributed by atoms with Crippen molar-refractivity contribution in [1.29, 1.82) is 0 Å². The van der Waals surface area contributed by atoms with E-state index in [1.807, 2.05) is 67.0 Å². The van der Waals surface area contributed by atoms with Crippen LogP contribution in [0.5, 0.6) is 0 Å². The van der Waals surface area contributed by atoms with Crippen molar-refractivity contribution in [2.75, 3.05) is 31.0 Å². The highest BCUT2D eigenvalue weighted by Crippen LogP contribution is 2.19. The van der Waals surface area contributed by atoms with Gasteiger partial charge in [-0.15, -0.1) is 0 Å². The first-order valence-corrected chi connectivity index (χ1v) is 8.39. The van der Waals surface area contributed by atoms with E-state index < -0.39 is 0 Å². The van der Waals surface area contributed by atoms with Gasteiger partial charge >= 0.3 is 0 Å². The number of benzene rings is 2. The van der Waals surface area contributed by atoms with Gasteiger partial charge in [0, 0.05) is 25.0 Å². The summed E-state index contributed by atoms with van der Waals surface area (Å²) in [5.41, 5.74) is 7.60. The quantitative estimate of drug-likeness (QED) is 0.487. The standard InChI is InChI=1S/C21H26N4/c1-18(9-7-8-16-22-2)17-23-25(3)21-14-12-20(13-15-21)24-19-10-5-4-6-11-19/h4-16,22-24H,1,17H2,2-3H3/p+1/b9-7-,16-8-. The van der Waals surface area contributed by atoms with Crippen molar-refractivity contribution >= 4 is 17.1 Å². The number of hydrogen-bond acceptors (Lipinski definition) is 3. The molecular weight excluding hydrogens is 308 g/mol. The zero-order chi connectivity index (χ0) is 17.9. The molecule has 0 radical (unpaired) electrons. The highest BCUT2D eigenvalue weighted by atomic mass is 15.5. The normalized spacial score (nSPS) is 11.1. The molecule has 2 aromatic carbocycles. The van der Waals surface area contributed by atoms with Gasteiger partial charge in [0.1, 0.15) is 0 Å². The number of hydrogen-bond donors (Lipinski definition) is 3. The van der Waals surface area contributed by atoms with Crippen LogP contribution in [0.4, 0.5) is 17.1 Å². The lowest BCUT2D eigenvalue weighted by Gasteiger charge is -2.21. The Morgan fingerprint density at radius 1 is 1.04 bits per heavy atom. The molecule has 25 heavy (non-hydrogen) atoms. The number of para-hydroxylation sites is 1. The molecule has 0 atom stereocenters. The third-order valence-corrected chi connectivity index (χ3v) is 3.61. The maximum atomic E-state index is 4.05. The number of nitrogens with zero attached hydrogens (tertiary/aromatic N) is 1. The van der Waals surface area contributed by atoms with Crippen LogP contribution in [0.2, 0.25) is 0 Å². The van der Waals surface area contributed by atoms with Crippen molar-refractivity contribution < 1.29 is 5.32 Å². The number of rotatable bonds is 9. The Labute approximate surface area is 150 Å². The van der Waals surface area contributed by atoms with Gasteiger partial charge < -0.3 is 15.6 Å². The van der Waals surface area contributed by atoms with Crippen molar-refractivity contribution in [2.45, 2.75) is 0 Å². The summed E-state index contributed by atoms with van der Waals surface area (Å²) in [6.07, 6.45) is 7.99. The molecule has 0 saturated heterocycles.